The second-order valence-electron chi connectivity index (χ2n) is 4.98. The average molecular weight is 248 g/mol. The topological polar surface area (TPSA) is 47.2 Å². The molecule has 0 saturated heterocycles. The fourth-order valence-corrected chi connectivity index (χ4v) is 2.26. The second kappa shape index (κ2) is 4.61. The first kappa shape index (κ1) is 12.9. The summed E-state index contributed by atoms with van der Waals surface area (Å²) in [6.45, 7) is 4.09. The maximum Gasteiger partial charge on any atom is 0.328 e. The number of hydrogen-bond donors (Lipinski definition) is 1. The number of aromatic nitrogens is 2. The van der Waals surface area contributed by atoms with Gasteiger partial charge in [-0.1, -0.05) is 26.3 Å². The van der Waals surface area contributed by atoms with Crippen LogP contribution in [0.5, 0.6) is 0 Å². The molecule has 0 fully saturated rings. The smallest absolute Gasteiger partial charge is 0.328 e. The first-order chi connectivity index (χ1) is 8.47. The molecule has 4 heteroatoms. The molecule has 1 N–H and O–H groups in total. The zero-order valence-electron chi connectivity index (χ0n) is 11.3. The van der Waals surface area contributed by atoms with Crippen LogP contribution >= 0.6 is 0 Å². The van der Waals surface area contributed by atoms with Gasteiger partial charge in [0, 0.05) is 14.1 Å². The van der Waals surface area contributed by atoms with Crippen LogP contribution in [0, 0.1) is 5.92 Å². The van der Waals surface area contributed by atoms with Gasteiger partial charge in [-0.25, -0.2) is 4.79 Å². The Hall–Kier alpha value is -1.55. The molecule has 0 spiro atoms. The van der Waals surface area contributed by atoms with E-state index in [9.17, 15) is 9.90 Å². The lowest BCUT2D eigenvalue weighted by Gasteiger charge is -2.17. The Morgan fingerprint density at radius 3 is 2.44 bits per heavy atom. The van der Waals surface area contributed by atoms with E-state index < -0.39 is 6.10 Å². The minimum atomic E-state index is -0.477. The van der Waals surface area contributed by atoms with E-state index in [1.165, 1.54) is 0 Å². The van der Waals surface area contributed by atoms with E-state index in [1.54, 1.807) is 23.2 Å². The number of aliphatic hydroxyl groups excluding tert-OH is 1. The molecule has 0 aliphatic rings. The van der Waals surface area contributed by atoms with Crippen LogP contribution in [0.2, 0.25) is 0 Å². The molecule has 2 aromatic rings. The quantitative estimate of drug-likeness (QED) is 0.902. The lowest BCUT2D eigenvalue weighted by Crippen LogP contribution is -2.19. The molecular formula is C14H20N2O2. The van der Waals surface area contributed by atoms with E-state index >= 15 is 0 Å². The zero-order chi connectivity index (χ0) is 13.4. The van der Waals surface area contributed by atoms with Gasteiger partial charge in [0.05, 0.1) is 17.1 Å². The molecule has 0 saturated carbocycles. The number of hydrogen-bond acceptors (Lipinski definition) is 2. The van der Waals surface area contributed by atoms with Crippen LogP contribution in [0.25, 0.3) is 11.0 Å². The van der Waals surface area contributed by atoms with Crippen LogP contribution in [0.1, 0.15) is 31.9 Å². The number of benzene rings is 1. The molecule has 1 heterocycles. The van der Waals surface area contributed by atoms with Crippen molar-refractivity contribution in [1.29, 1.82) is 0 Å². The number of aliphatic hydroxyl groups is 1. The number of aryl methyl sites for hydroxylation is 2. The van der Waals surface area contributed by atoms with E-state index in [0.717, 1.165) is 23.0 Å². The molecule has 0 bridgehead atoms. The minimum absolute atomic E-state index is 0.0415. The fourth-order valence-electron chi connectivity index (χ4n) is 2.26. The van der Waals surface area contributed by atoms with Crippen LogP contribution in [0.4, 0.5) is 0 Å². The van der Waals surface area contributed by atoms with Gasteiger partial charge < -0.3 is 5.11 Å². The SMILES string of the molecule is CCC(C)C(O)c1ccc2c(c1)n(C)c(=O)n2C. The molecule has 2 rings (SSSR count). The van der Waals surface area contributed by atoms with Gasteiger partial charge in [-0.05, 0) is 23.6 Å². The van der Waals surface area contributed by atoms with Crippen molar-refractivity contribution in [1.82, 2.24) is 9.13 Å². The molecule has 0 radical (unpaired) electrons. The second-order valence-corrected chi connectivity index (χ2v) is 4.98. The normalized spacial score (nSPS) is 14.9. The lowest BCUT2D eigenvalue weighted by molar-refractivity contribution is 0.115. The van der Waals surface area contributed by atoms with Gasteiger partial charge in [0.25, 0.3) is 0 Å². The predicted octanol–water partition coefficient (Wildman–Crippen LogP) is 1.96. The van der Waals surface area contributed by atoms with Crippen LogP contribution in [-0.4, -0.2) is 14.2 Å². The molecule has 2 atom stereocenters. The Balaban J connectivity index is 2.57. The average Bonchev–Trinajstić information content (AvgIpc) is 2.61. The molecule has 1 aromatic carbocycles. The molecule has 0 amide bonds. The molecule has 18 heavy (non-hydrogen) atoms. The molecule has 2 unspecified atom stereocenters. The molecule has 98 valence electrons. The maximum absolute atomic E-state index is 11.8. The predicted molar refractivity (Wildman–Crippen MR) is 72.6 cm³/mol. The van der Waals surface area contributed by atoms with Crippen molar-refractivity contribution in [2.24, 2.45) is 20.0 Å². The van der Waals surface area contributed by atoms with E-state index in [-0.39, 0.29) is 11.6 Å². The van der Waals surface area contributed by atoms with Crippen molar-refractivity contribution in [3.8, 4) is 0 Å². The highest BCUT2D eigenvalue weighted by Gasteiger charge is 2.16. The zero-order valence-corrected chi connectivity index (χ0v) is 11.3. The van der Waals surface area contributed by atoms with Crippen molar-refractivity contribution in [3.63, 3.8) is 0 Å². The summed E-state index contributed by atoms with van der Waals surface area (Å²) in [6, 6.07) is 5.71. The van der Waals surface area contributed by atoms with Crippen molar-refractivity contribution in [2.75, 3.05) is 0 Å². The summed E-state index contributed by atoms with van der Waals surface area (Å²) in [5.41, 5.74) is 2.59. The molecule has 0 aliphatic heterocycles. The third kappa shape index (κ3) is 1.86. The fraction of sp³-hybridized carbons (Fsp3) is 0.500. The first-order valence-electron chi connectivity index (χ1n) is 6.30. The summed E-state index contributed by atoms with van der Waals surface area (Å²) < 4.78 is 3.23. The molecule has 4 nitrogen and oxygen atoms in total. The van der Waals surface area contributed by atoms with Gasteiger partial charge >= 0.3 is 5.69 Å². The number of imidazole rings is 1. The third-order valence-electron chi connectivity index (χ3n) is 3.82. The summed E-state index contributed by atoms with van der Waals surface area (Å²) in [5, 5.41) is 10.2. The summed E-state index contributed by atoms with van der Waals surface area (Å²) >= 11 is 0. The highest BCUT2D eigenvalue weighted by molar-refractivity contribution is 5.76. The number of nitrogens with zero attached hydrogens (tertiary/aromatic N) is 2. The van der Waals surface area contributed by atoms with Gasteiger partial charge in [-0.2, -0.15) is 0 Å². The Morgan fingerprint density at radius 1 is 1.22 bits per heavy atom. The first-order valence-corrected chi connectivity index (χ1v) is 6.30. The Bertz CT molecular complexity index is 624. The Kier molecular flexibility index (Phi) is 3.30. The Morgan fingerprint density at radius 2 is 1.83 bits per heavy atom. The monoisotopic (exact) mass is 248 g/mol. The molecular weight excluding hydrogens is 228 g/mol. The van der Waals surface area contributed by atoms with Crippen molar-refractivity contribution >= 4 is 11.0 Å². The number of fused-ring (bicyclic) bond motifs is 1. The number of rotatable bonds is 3. The summed E-state index contributed by atoms with van der Waals surface area (Å²) in [6.07, 6.45) is 0.446. The largest absolute Gasteiger partial charge is 0.388 e. The van der Waals surface area contributed by atoms with Gasteiger partial charge in [-0.3, -0.25) is 9.13 Å². The van der Waals surface area contributed by atoms with Crippen LogP contribution < -0.4 is 5.69 Å². The van der Waals surface area contributed by atoms with E-state index in [2.05, 4.69) is 6.92 Å². The molecule has 0 aliphatic carbocycles. The highest BCUT2D eigenvalue weighted by atomic mass is 16.3. The summed E-state index contributed by atoms with van der Waals surface area (Å²) in [5.74, 6) is 0.211. The molecule has 1 aromatic heterocycles. The van der Waals surface area contributed by atoms with Crippen LogP contribution in [0.3, 0.4) is 0 Å². The van der Waals surface area contributed by atoms with Gasteiger partial charge in [0.1, 0.15) is 0 Å². The maximum atomic E-state index is 11.8. The van der Waals surface area contributed by atoms with Crippen molar-refractivity contribution in [2.45, 2.75) is 26.4 Å². The third-order valence-corrected chi connectivity index (χ3v) is 3.82. The summed E-state index contributed by atoms with van der Waals surface area (Å²) in [7, 11) is 3.51. The standard InChI is InChI=1S/C14H20N2O2/c1-5-9(2)13(17)10-6-7-11-12(8-10)16(4)14(18)15(11)3/h6-9,13,17H,5H2,1-4H3. The van der Waals surface area contributed by atoms with E-state index in [4.69, 9.17) is 0 Å². The van der Waals surface area contributed by atoms with Crippen LogP contribution in [0.15, 0.2) is 23.0 Å². The van der Waals surface area contributed by atoms with E-state index in [0.29, 0.717) is 0 Å². The van der Waals surface area contributed by atoms with Gasteiger partial charge in [0.15, 0.2) is 0 Å². The van der Waals surface area contributed by atoms with Gasteiger partial charge in [0.2, 0.25) is 0 Å². The highest BCUT2D eigenvalue weighted by Crippen LogP contribution is 2.26. The van der Waals surface area contributed by atoms with E-state index in [1.807, 2.05) is 25.1 Å². The Labute approximate surface area is 106 Å². The van der Waals surface area contributed by atoms with Crippen LogP contribution in [-0.2, 0) is 14.1 Å². The lowest BCUT2D eigenvalue weighted by atomic mass is 9.95. The van der Waals surface area contributed by atoms with Crippen molar-refractivity contribution < 1.29 is 5.11 Å². The minimum Gasteiger partial charge on any atom is -0.388 e. The van der Waals surface area contributed by atoms with Crippen molar-refractivity contribution in [3.05, 3.63) is 34.2 Å². The summed E-state index contributed by atoms with van der Waals surface area (Å²) in [4.78, 5) is 11.8. The van der Waals surface area contributed by atoms with Gasteiger partial charge in [-0.15, -0.1) is 0 Å².